The maximum atomic E-state index is 12.2. The lowest BCUT2D eigenvalue weighted by Crippen LogP contribution is -2.48. The number of aromatic nitrogens is 2. The fourth-order valence-electron chi connectivity index (χ4n) is 2.33. The highest BCUT2D eigenvalue weighted by molar-refractivity contribution is 5.97. The minimum absolute atomic E-state index is 0. The number of nitrogens with zero attached hydrogens (tertiary/aromatic N) is 2. The molecule has 7 heteroatoms. The highest BCUT2D eigenvalue weighted by atomic mass is 35.5. The van der Waals surface area contributed by atoms with E-state index in [9.17, 15) is 4.79 Å². The fourth-order valence-corrected chi connectivity index (χ4v) is 2.33. The maximum absolute atomic E-state index is 12.2. The van der Waals surface area contributed by atoms with E-state index in [1.807, 2.05) is 6.07 Å². The lowest BCUT2D eigenvalue weighted by molar-refractivity contribution is 0.0942. The summed E-state index contributed by atoms with van der Waals surface area (Å²) in [5.74, 6) is 0.434. The molecule has 0 aromatic carbocycles. The summed E-state index contributed by atoms with van der Waals surface area (Å²) in [6.07, 6.45) is 1.54. The Morgan fingerprint density at radius 2 is 2.18 bits per heavy atom. The van der Waals surface area contributed by atoms with Crippen molar-refractivity contribution in [2.24, 2.45) is 5.92 Å². The van der Waals surface area contributed by atoms with Gasteiger partial charge in [0.25, 0.3) is 11.6 Å². The molecule has 0 spiro atoms. The topological polar surface area (TPSA) is 80.0 Å². The largest absolute Gasteiger partial charge is 0.352 e. The number of rotatable bonds is 3. The Bertz CT molecular complexity index is 674. The van der Waals surface area contributed by atoms with E-state index >= 15 is 0 Å². The van der Waals surface area contributed by atoms with Crippen LogP contribution in [0.4, 0.5) is 0 Å². The van der Waals surface area contributed by atoms with E-state index in [1.54, 1.807) is 0 Å². The first-order valence-corrected chi connectivity index (χ1v) is 7.20. The first-order valence-electron chi connectivity index (χ1n) is 7.20. The zero-order chi connectivity index (χ0) is 15.0. The molecule has 3 rings (SSSR count). The molecule has 120 valence electrons. The lowest BCUT2D eigenvalue weighted by atomic mass is 9.90. The summed E-state index contributed by atoms with van der Waals surface area (Å²) in [4.78, 5) is 16.4. The molecule has 1 aliphatic rings. The number of hydrogen-bond acceptors (Lipinski definition) is 5. The van der Waals surface area contributed by atoms with E-state index in [4.69, 9.17) is 4.52 Å². The SMILES string of the molecule is CC(C)(C)c1noc2ncc(C(=O)NCC3CNC3)cc12.Cl. The van der Waals surface area contributed by atoms with Gasteiger partial charge in [-0.25, -0.2) is 4.98 Å². The molecule has 1 saturated heterocycles. The van der Waals surface area contributed by atoms with Crippen molar-refractivity contribution >= 4 is 29.4 Å². The van der Waals surface area contributed by atoms with Gasteiger partial charge in [-0.3, -0.25) is 4.79 Å². The van der Waals surface area contributed by atoms with Crippen molar-refractivity contribution < 1.29 is 9.32 Å². The van der Waals surface area contributed by atoms with Crippen molar-refractivity contribution in [2.75, 3.05) is 19.6 Å². The number of carbonyl (C=O) groups excluding carboxylic acids is 1. The monoisotopic (exact) mass is 324 g/mol. The third-order valence-corrected chi connectivity index (χ3v) is 3.72. The van der Waals surface area contributed by atoms with Crippen LogP contribution in [0.2, 0.25) is 0 Å². The molecule has 0 atom stereocenters. The molecular weight excluding hydrogens is 304 g/mol. The van der Waals surface area contributed by atoms with Crippen molar-refractivity contribution in [3.8, 4) is 0 Å². The van der Waals surface area contributed by atoms with Crippen molar-refractivity contribution in [3.05, 3.63) is 23.5 Å². The summed E-state index contributed by atoms with van der Waals surface area (Å²) >= 11 is 0. The van der Waals surface area contributed by atoms with Crippen LogP contribution in [0.1, 0.15) is 36.8 Å². The summed E-state index contributed by atoms with van der Waals surface area (Å²) in [5.41, 5.74) is 1.69. The second kappa shape index (κ2) is 6.22. The molecule has 2 N–H and O–H groups in total. The Morgan fingerprint density at radius 3 is 2.77 bits per heavy atom. The van der Waals surface area contributed by atoms with Gasteiger partial charge in [0, 0.05) is 37.2 Å². The summed E-state index contributed by atoms with van der Waals surface area (Å²) < 4.78 is 5.23. The van der Waals surface area contributed by atoms with Crippen LogP contribution in [0.3, 0.4) is 0 Å². The molecule has 6 nitrogen and oxygen atoms in total. The van der Waals surface area contributed by atoms with Gasteiger partial charge in [0.2, 0.25) is 0 Å². The molecule has 22 heavy (non-hydrogen) atoms. The molecule has 0 saturated carbocycles. The van der Waals surface area contributed by atoms with Crippen LogP contribution in [0.5, 0.6) is 0 Å². The molecule has 0 aliphatic carbocycles. The predicted molar refractivity (Wildman–Crippen MR) is 86.4 cm³/mol. The Morgan fingerprint density at radius 1 is 1.45 bits per heavy atom. The van der Waals surface area contributed by atoms with Gasteiger partial charge in [0.15, 0.2) is 0 Å². The van der Waals surface area contributed by atoms with Crippen LogP contribution < -0.4 is 10.6 Å². The second-order valence-corrected chi connectivity index (χ2v) is 6.59. The van der Waals surface area contributed by atoms with Crippen LogP contribution in [-0.4, -0.2) is 35.7 Å². The normalized spacial score (nSPS) is 15.2. The zero-order valence-corrected chi connectivity index (χ0v) is 13.8. The van der Waals surface area contributed by atoms with Gasteiger partial charge >= 0.3 is 0 Å². The van der Waals surface area contributed by atoms with E-state index in [0.717, 1.165) is 24.2 Å². The number of amides is 1. The van der Waals surface area contributed by atoms with Crippen LogP contribution >= 0.6 is 12.4 Å². The van der Waals surface area contributed by atoms with Crippen LogP contribution in [-0.2, 0) is 5.41 Å². The molecule has 3 heterocycles. The number of carbonyl (C=O) groups is 1. The molecule has 0 unspecified atom stereocenters. The van der Waals surface area contributed by atoms with E-state index in [0.29, 0.717) is 23.7 Å². The number of nitrogens with one attached hydrogen (secondary N) is 2. The Kier molecular flexibility index (Phi) is 4.72. The van der Waals surface area contributed by atoms with Crippen LogP contribution in [0, 0.1) is 5.92 Å². The molecule has 1 aliphatic heterocycles. The summed E-state index contributed by atoms with van der Waals surface area (Å²) in [5, 5.41) is 11.0. The summed E-state index contributed by atoms with van der Waals surface area (Å²) in [6, 6.07) is 1.81. The molecule has 1 amide bonds. The molecule has 2 aromatic heterocycles. The lowest BCUT2D eigenvalue weighted by Gasteiger charge is -2.27. The van der Waals surface area contributed by atoms with Gasteiger partial charge in [-0.1, -0.05) is 25.9 Å². The fraction of sp³-hybridized carbons (Fsp3) is 0.533. The van der Waals surface area contributed by atoms with E-state index in [2.05, 4.69) is 41.5 Å². The van der Waals surface area contributed by atoms with Gasteiger partial charge in [-0.05, 0) is 6.07 Å². The zero-order valence-electron chi connectivity index (χ0n) is 13.0. The first kappa shape index (κ1) is 16.7. The highest BCUT2D eigenvalue weighted by Gasteiger charge is 2.24. The second-order valence-electron chi connectivity index (χ2n) is 6.59. The molecule has 0 bridgehead atoms. The smallest absolute Gasteiger partial charge is 0.257 e. The quantitative estimate of drug-likeness (QED) is 0.901. The van der Waals surface area contributed by atoms with Gasteiger partial charge in [0.05, 0.1) is 16.6 Å². The van der Waals surface area contributed by atoms with Gasteiger partial charge in [-0.15, -0.1) is 12.4 Å². The molecule has 1 fully saturated rings. The number of fused-ring (bicyclic) bond motifs is 1. The third-order valence-electron chi connectivity index (χ3n) is 3.72. The van der Waals surface area contributed by atoms with Gasteiger partial charge in [-0.2, -0.15) is 0 Å². The third kappa shape index (κ3) is 3.23. The number of pyridine rings is 1. The van der Waals surface area contributed by atoms with E-state index in [-0.39, 0.29) is 23.7 Å². The average molecular weight is 325 g/mol. The van der Waals surface area contributed by atoms with Crippen molar-refractivity contribution in [2.45, 2.75) is 26.2 Å². The van der Waals surface area contributed by atoms with E-state index < -0.39 is 0 Å². The Hall–Kier alpha value is -1.66. The molecular formula is C15H21ClN4O2. The number of hydrogen-bond donors (Lipinski definition) is 2. The number of halogens is 1. The minimum Gasteiger partial charge on any atom is -0.352 e. The average Bonchev–Trinajstić information content (AvgIpc) is 2.79. The molecule has 0 radical (unpaired) electrons. The van der Waals surface area contributed by atoms with Crippen molar-refractivity contribution in [3.63, 3.8) is 0 Å². The van der Waals surface area contributed by atoms with Crippen molar-refractivity contribution in [1.29, 1.82) is 0 Å². The van der Waals surface area contributed by atoms with Crippen LogP contribution in [0.15, 0.2) is 16.8 Å². The molecule has 2 aromatic rings. The van der Waals surface area contributed by atoms with Crippen LogP contribution in [0.25, 0.3) is 11.1 Å². The predicted octanol–water partition coefficient (Wildman–Crippen LogP) is 1.89. The van der Waals surface area contributed by atoms with Crippen molar-refractivity contribution in [1.82, 2.24) is 20.8 Å². The van der Waals surface area contributed by atoms with E-state index in [1.165, 1.54) is 6.20 Å². The standard InChI is InChI=1S/C15H20N4O2.ClH/c1-15(2,3)12-11-4-10(8-18-14(11)21-19-12)13(20)17-7-9-5-16-6-9;/h4,8-9,16H,5-7H2,1-3H3,(H,17,20);1H. The maximum Gasteiger partial charge on any atom is 0.257 e. The summed E-state index contributed by atoms with van der Waals surface area (Å²) in [7, 11) is 0. The first-order chi connectivity index (χ1) is 9.95. The Balaban J connectivity index is 0.00000176. The van der Waals surface area contributed by atoms with Gasteiger partial charge < -0.3 is 15.2 Å². The van der Waals surface area contributed by atoms with Gasteiger partial charge in [0.1, 0.15) is 0 Å². The minimum atomic E-state index is -0.153. The Labute approximate surface area is 135 Å². The highest BCUT2D eigenvalue weighted by Crippen LogP contribution is 2.28. The summed E-state index contributed by atoms with van der Waals surface area (Å²) in [6.45, 7) is 8.80.